The van der Waals surface area contributed by atoms with Gasteiger partial charge >= 0.3 is 0 Å². The van der Waals surface area contributed by atoms with Gasteiger partial charge in [-0.2, -0.15) is 0 Å². The average Bonchev–Trinajstić information content (AvgIpc) is 2.14. The van der Waals surface area contributed by atoms with E-state index in [0.717, 1.165) is 0 Å². The van der Waals surface area contributed by atoms with Gasteiger partial charge in [-0.3, -0.25) is 0 Å². The van der Waals surface area contributed by atoms with E-state index in [1.807, 2.05) is 0 Å². The summed E-state index contributed by atoms with van der Waals surface area (Å²) < 4.78 is 10.4. The van der Waals surface area contributed by atoms with E-state index in [-0.39, 0.29) is 0 Å². The zero-order valence-electron chi connectivity index (χ0n) is 4.40. The van der Waals surface area contributed by atoms with E-state index in [0.29, 0.717) is 10.2 Å². The van der Waals surface area contributed by atoms with Crippen molar-refractivity contribution in [1.29, 1.82) is 0 Å². The topological polar surface area (TPSA) is 82.0 Å². The van der Waals surface area contributed by atoms with E-state index in [4.69, 9.17) is 10.9 Å². The first-order valence-corrected chi connectivity index (χ1v) is 4.16. The van der Waals surface area contributed by atoms with E-state index in [2.05, 4.69) is 4.98 Å². The van der Waals surface area contributed by atoms with E-state index in [1.165, 1.54) is 11.3 Å². The Morgan fingerprint density at radius 3 is 2.67 bits per heavy atom. The van der Waals surface area contributed by atoms with Crippen LogP contribution in [0.3, 0.4) is 0 Å². The maximum absolute atomic E-state index is 10.4. The molecule has 1 aromatic heterocycles. The van der Waals surface area contributed by atoms with Crippen LogP contribution in [0.4, 0.5) is 5.13 Å². The Balaban J connectivity index is 2.98. The molecule has 0 radical (unpaired) electrons. The molecule has 0 aliphatic rings. The van der Waals surface area contributed by atoms with E-state index in [9.17, 15) is 4.21 Å². The van der Waals surface area contributed by atoms with Gasteiger partial charge in [0, 0.05) is 5.38 Å². The number of rotatable bonds is 1. The largest absolute Gasteiger partial charge is 0.375 e. The SMILES string of the molecule is Nc1nc(S(N)=O)cs1. The van der Waals surface area contributed by atoms with Crippen molar-refractivity contribution in [3.8, 4) is 0 Å². The monoisotopic (exact) mass is 163 g/mol. The van der Waals surface area contributed by atoms with Crippen LogP contribution in [0.25, 0.3) is 0 Å². The number of hydrogen-bond donors (Lipinski definition) is 2. The molecule has 0 aliphatic heterocycles. The molecule has 0 bridgehead atoms. The highest BCUT2D eigenvalue weighted by molar-refractivity contribution is 7.82. The lowest BCUT2D eigenvalue weighted by Crippen LogP contribution is -2.02. The number of nitrogen functional groups attached to an aromatic ring is 1. The second-order valence-corrected chi connectivity index (χ2v) is 3.22. The van der Waals surface area contributed by atoms with Gasteiger partial charge in [-0.05, 0) is 0 Å². The summed E-state index contributed by atoms with van der Waals surface area (Å²) >= 11 is 1.23. The van der Waals surface area contributed by atoms with Gasteiger partial charge in [-0.15, -0.1) is 11.3 Å². The molecule has 0 spiro atoms. The average molecular weight is 163 g/mol. The maximum Gasteiger partial charge on any atom is 0.181 e. The molecule has 0 aliphatic carbocycles. The first-order valence-electron chi connectivity index (χ1n) is 2.07. The highest BCUT2D eigenvalue weighted by Crippen LogP contribution is 2.11. The molecule has 4 N–H and O–H groups in total. The predicted octanol–water partition coefficient (Wildman–Crippen LogP) is -0.293. The molecule has 0 saturated heterocycles. The molecule has 0 saturated carbocycles. The summed E-state index contributed by atoms with van der Waals surface area (Å²) in [6.07, 6.45) is 0. The van der Waals surface area contributed by atoms with Gasteiger partial charge in [0.05, 0.1) is 0 Å². The van der Waals surface area contributed by atoms with Crippen molar-refractivity contribution in [3.05, 3.63) is 5.38 Å². The number of nitrogens with two attached hydrogens (primary N) is 2. The van der Waals surface area contributed by atoms with Gasteiger partial charge in [-0.25, -0.2) is 14.3 Å². The molecular formula is C3H5N3OS2. The Hall–Kier alpha value is -0.460. The second kappa shape index (κ2) is 2.42. The van der Waals surface area contributed by atoms with Gasteiger partial charge in [0.15, 0.2) is 10.2 Å². The summed E-state index contributed by atoms with van der Waals surface area (Å²) in [4.78, 5) is 3.68. The number of nitrogens with zero attached hydrogens (tertiary/aromatic N) is 1. The van der Waals surface area contributed by atoms with Crippen LogP contribution >= 0.6 is 11.3 Å². The van der Waals surface area contributed by atoms with E-state index in [1.54, 1.807) is 5.38 Å². The highest BCUT2D eigenvalue weighted by atomic mass is 32.2. The molecule has 1 unspecified atom stereocenters. The first kappa shape index (κ1) is 6.66. The second-order valence-electron chi connectivity index (χ2n) is 1.32. The number of thiazole rings is 1. The van der Waals surface area contributed by atoms with Crippen LogP contribution in [0.5, 0.6) is 0 Å². The van der Waals surface area contributed by atoms with Crippen LogP contribution in [0.2, 0.25) is 0 Å². The molecule has 1 aromatic rings. The standard InChI is InChI=1S/C3H5N3OS2/c4-3-6-2(1-8-3)9(5)7/h1H,5H2,(H2,4,6). The molecule has 1 atom stereocenters. The van der Waals surface area contributed by atoms with Crippen LogP contribution in [0, 0.1) is 0 Å². The molecular weight excluding hydrogens is 158 g/mol. The minimum atomic E-state index is -1.49. The summed E-state index contributed by atoms with van der Waals surface area (Å²) in [5.41, 5.74) is 5.23. The van der Waals surface area contributed by atoms with Crippen molar-refractivity contribution in [2.24, 2.45) is 5.14 Å². The molecule has 0 fully saturated rings. The van der Waals surface area contributed by atoms with Crippen LogP contribution < -0.4 is 10.9 Å². The minimum Gasteiger partial charge on any atom is -0.375 e. The summed E-state index contributed by atoms with van der Waals surface area (Å²) in [6.45, 7) is 0. The lowest BCUT2D eigenvalue weighted by molar-refractivity contribution is 0.682. The van der Waals surface area contributed by atoms with Gasteiger partial charge in [-0.1, -0.05) is 0 Å². The maximum atomic E-state index is 10.4. The van der Waals surface area contributed by atoms with Crippen molar-refractivity contribution in [2.75, 3.05) is 5.73 Å². The quantitative estimate of drug-likeness (QED) is 0.596. The van der Waals surface area contributed by atoms with Gasteiger partial charge in [0.1, 0.15) is 11.0 Å². The van der Waals surface area contributed by atoms with Crippen molar-refractivity contribution < 1.29 is 4.21 Å². The summed E-state index contributed by atoms with van der Waals surface area (Å²) in [7, 11) is -1.49. The Bertz CT molecular complexity index is 233. The summed E-state index contributed by atoms with van der Waals surface area (Å²) in [5, 5.41) is 7.30. The van der Waals surface area contributed by atoms with E-state index >= 15 is 0 Å². The Labute approximate surface area is 58.5 Å². The molecule has 6 heteroatoms. The fourth-order valence-electron chi connectivity index (χ4n) is 0.364. The number of hydrogen-bond acceptors (Lipinski definition) is 4. The Morgan fingerprint density at radius 1 is 1.78 bits per heavy atom. The summed E-state index contributed by atoms with van der Waals surface area (Å²) in [6, 6.07) is 0. The third-order valence-electron chi connectivity index (χ3n) is 0.707. The molecule has 9 heavy (non-hydrogen) atoms. The van der Waals surface area contributed by atoms with Crippen LogP contribution in [-0.4, -0.2) is 9.19 Å². The van der Waals surface area contributed by atoms with Crippen molar-refractivity contribution in [2.45, 2.75) is 5.03 Å². The number of aromatic nitrogens is 1. The zero-order valence-corrected chi connectivity index (χ0v) is 6.04. The molecule has 4 nitrogen and oxygen atoms in total. The van der Waals surface area contributed by atoms with Crippen molar-refractivity contribution in [3.63, 3.8) is 0 Å². The molecule has 50 valence electrons. The lowest BCUT2D eigenvalue weighted by Gasteiger charge is -1.81. The minimum absolute atomic E-state index is 0.345. The molecule has 0 amide bonds. The third-order valence-corrected chi connectivity index (χ3v) is 2.15. The Morgan fingerprint density at radius 2 is 2.44 bits per heavy atom. The lowest BCUT2D eigenvalue weighted by atomic mass is 11.0. The number of anilines is 1. The van der Waals surface area contributed by atoms with Crippen LogP contribution in [-0.2, 0) is 11.0 Å². The van der Waals surface area contributed by atoms with Gasteiger partial charge < -0.3 is 5.73 Å². The predicted molar refractivity (Wildman–Crippen MR) is 37.1 cm³/mol. The van der Waals surface area contributed by atoms with E-state index < -0.39 is 11.0 Å². The van der Waals surface area contributed by atoms with Crippen molar-refractivity contribution >= 4 is 27.5 Å². The fourth-order valence-corrected chi connectivity index (χ4v) is 1.56. The molecule has 0 aromatic carbocycles. The van der Waals surface area contributed by atoms with Crippen LogP contribution in [0.1, 0.15) is 0 Å². The molecule has 1 heterocycles. The zero-order chi connectivity index (χ0) is 6.85. The first-order chi connectivity index (χ1) is 4.20. The highest BCUT2D eigenvalue weighted by Gasteiger charge is 2.00. The van der Waals surface area contributed by atoms with Gasteiger partial charge in [0.25, 0.3) is 0 Å². The normalized spacial score (nSPS) is 13.4. The molecule has 1 rings (SSSR count). The Kier molecular flexibility index (Phi) is 1.79. The van der Waals surface area contributed by atoms with Crippen LogP contribution in [0.15, 0.2) is 10.4 Å². The van der Waals surface area contributed by atoms with Gasteiger partial charge in [0.2, 0.25) is 0 Å². The summed E-state index contributed by atoms with van der Waals surface area (Å²) in [5.74, 6) is 0. The third kappa shape index (κ3) is 1.47. The van der Waals surface area contributed by atoms with Crippen molar-refractivity contribution in [1.82, 2.24) is 4.98 Å². The smallest absolute Gasteiger partial charge is 0.181 e. The fraction of sp³-hybridized carbons (Fsp3) is 0.